The first-order chi connectivity index (χ1) is 14.7. The van der Waals surface area contributed by atoms with E-state index >= 15 is 0 Å². The zero-order valence-corrected chi connectivity index (χ0v) is 16.8. The van der Waals surface area contributed by atoms with Crippen molar-refractivity contribution in [1.29, 1.82) is 0 Å². The maximum atomic E-state index is 12.6. The summed E-state index contributed by atoms with van der Waals surface area (Å²) in [5, 5.41) is 2.91. The van der Waals surface area contributed by atoms with E-state index in [9.17, 15) is 9.59 Å². The number of hydrogen-bond acceptors (Lipinski definition) is 3. The van der Waals surface area contributed by atoms with E-state index in [-0.39, 0.29) is 11.8 Å². The number of carbonyl (C=O) groups is 2. The van der Waals surface area contributed by atoms with Gasteiger partial charge in [0.1, 0.15) is 11.5 Å². The molecule has 0 bridgehead atoms. The fraction of sp³-hybridized carbons (Fsp3) is 0.280. The molecule has 0 atom stereocenters. The molecule has 1 fully saturated rings. The van der Waals surface area contributed by atoms with E-state index in [1.54, 1.807) is 12.1 Å². The number of amides is 2. The first-order valence-corrected chi connectivity index (χ1v) is 10.5. The second kappa shape index (κ2) is 7.82. The van der Waals surface area contributed by atoms with Crippen molar-refractivity contribution in [2.45, 2.75) is 32.2 Å². The van der Waals surface area contributed by atoms with E-state index < -0.39 is 0 Å². The summed E-state index contributed by atoms with van der Waals surface area (Å²) < 4.78 is 6.09. The minimum absolute atomic E-state index is 0.131. The van der Waals surface area contributed by atoms with Crippen molar-refractivity contribution in [2.75, 3.05) is 11.9 Å². The molecule has 3 aromatic rings. The lowest BCUT2D eigenvalue weighted by Crippen LogP contribution is -2.41. The second-order valence-electron chi connectivity index (χ2n) is 8.09. The quantitative estimate of drug-likeness (QED) is 0.679. The molecule has 152 valence electrons. The van der Waals surface area contributed by atoms with Crippen LogP contribution in [0.25, 0.3) is 11.3 Å². The summed E-state index contributed by atoms with van der Waals surface area (Å²) in [6, 6.07) is 18.9. The Kier molecular flexibility index (Phi) is 4.87. The lowest BCUT2D eigenvalue weighted by atomic mass is 9.84. The van der Waals surface area contributed by atoms with Crippen molar-refractivity contribution < 1.29 is 14.0 Å². The van der Waals surface area contributed by atoms with Crippen molar-refractivity contribution in [3.8, 4) is 11.3 Å². The molecule has 2 aromatic carbocycles. The maximum absolute atomic E-state index is 12.6. The van der Waals surface area contributed by atoms with Crippen molar-refractivity contribution >= 4 is 17.5 Å². The van der Waals surface area contributed by atoms with Crippen LogP contribution in [0.2, 0.25) is 0 Å². The highest BCUT2D eigenvalue weighted by molar-refractivity contribution is 6.04. The largest absolute Gasteiger partial charge is 0.461 e. The Balaban J connectivity index is 1.27. The molecule has 2 amide bonds. The van der Waals surface area contributed by atoms with Gasteiger partial charge in [-0.2, -0.15) is 0 Å². The third kappa shape index (κ3) is 3.63. The van der Waals surface area contributed by atoms with Gasteiger partial charge in [-0.15, -0.1) is 0 Å². The molecule has 30 heavy (non-hydrogen) atoms. The second-order valence-corrected chi connectivity index (χ2v) is 8.09. The van der Waals surface area contributed by atoms with Gasteiger partial charge < -0.3 is 14.6 Å². The van der Waals surface area contributed by atoms with Gasteiger partial charge in [-0.1, -0.05) is 24.6 Å². The van der Waals surface area contributed by atoms with Crippen LogP contribution in [0.4, 0.5) is 5.69 Å². The molecule has 0 radical (unpaired) electrons. The Morgan fingerprint density at radius 1 is 1.00 bits per heavy atom. The number of nitrogens with zero attached hydrogens (tertiary/aromatic N) is 1. The molecule has 0 unspecified atom stereocenters. The molecule has 1 aromatic heterocycles. The van der Waals surface area contributed by atoms with Crippen LogP contribution in [0.1, 0.15) is 40.9 Å². The predicted molar refractivity (Wildman–Crippen MR) is 115 cm³/mol. The minimum atomic E-state index is -0.131. The van der Waals surface area contributed by atoms with Gasteiger partial charge in [0.05, 0.1) is 0 Å². The van der Waals surface area contributed by atoms with Gasteiger partial charge in [0.15, 0.2) is 0 Å². The fourth-order valence-electron chi connectivity index (χ4n) is 4.09. The lowest BCUT2D eigenvalue weighted by Gasteiger charge is -2.33. The zero-order valence-electron chi connectivity index (χ0n) is 16.8. The Bertz CT molecular complexity index is 1070. The Labute approximate surface area is 175 Å². The molecule has 1 aliphatic carbocycles. The first kappa shape index (κ1) is 18.7. The first-order valence-electron chi connectivity index (χ1n) is 10.5. The van der Waals surface area contributed by atoms with Crippen LogP contribution >= 0.6 is 0 Å². The molecule has 0 spiro atoms. The predicted octanol–water partition coefficient (Wildman–Crippen LogP) is 4.88. The summed E-state index contributed by atoms with van der Waals surface area (Å²) in [6.45, 7) is 1.37. The van der Waals surface area contributed by atoms with Crippen LogP contribution in [0.15, 0.2) is 65.1 Å². The van der Waals surface area contributed by atoms with E-state index in [2.05, 4.69) is 5.32 Å². The Morgan fingerprint density at radius 2 is 1.77 bits per heavy atom. The molecule has 5 rings (SSSR count). The minimum Gasteiger partial charge on any atom is -0.461 e. The van der Waals surface area contributed by atoms with Crippen molar-refractivity contribution in [3.63, 3.8) is 0 Å². The molecular weight excluding hydrogens is 376 g/mol. The summed E-state index contributed by atoms with van der Waals surface area (Å²) in [5.74, 6) is 2.18. The summed E-state index contributed by atoms with van der Waals surface area (Å²) in [4.78, 5) is 26.8. The summed E-state index contributed by atoms with van der Waals surface area (Å²) in [5.41, 5.74) is 3.42. The normalized spacial score (nSPS) is 15.9. The molecule has 1 aliphatic heterocycles. The average molecular weight is 400 g/mol. The topological polar surface area (TPSA) is 62.6 Å². The van der Waals surface area contributed by atoms with Crippen molar-refractivity contribution in [1.82, 2.24) is 4.90 Å². The SMILES string of the molecule is O=C(Nc1ccc(-c2cc3c(o2)CCN(C(=O)C2CCC2)C3)cc1)c1ccccc1. The fourth-order valence-corrected chi connectivity index (χ4v) is 4.09. The number of carbonyl (C=O) groups excluding carboxylic acids is 2. The van der Waals surface area contributed by atoms with Crippen molar-refractivity contribution in [2.24, 2.45) is 5.92 Å². The number of fused-ring (bicyclic) bond motifs is 1. The van der Waals surface area contributed by atoms with Crippen LogP contribution in [0.3, 0.4) is 0 Å². The van der Waals surface area contributed by atoms with Crippen molar-refractivity contribution in [3.05, 3.63) is 77.6 Å². The van der Waals surface area contributed by atoms with E-state index in [1.807, 2.05) is 53.4 Å². The van der Waals surface area contributed by atoms with E-state index in [1.165, 1.54) is 6.42 Å². The average Bonchev–Trinajstić information content (AvgIpc) is 3.17. The maximum Gasteiger partial charge on any atom is 0.255 e. The van der Waals surface area contributed by atoms with Gasteiger partial charge in [0.25, 0.3) is 5.91 Å². The smallest absolute Gasteiger partial charge is 0.255 e. The van der Waals surface area contributed by atoms with Gasteiger partial charge in [0, 0.05) is 47.8 Å². The standard InChI is InChI=1S/C25H24N2O3/c28-24(18-5-2-1-3-6-18)26-21-11-9-17(10-12-21)23-15-20-16-27(14-13-22(20)30-23)25(29)19-7-4-8-19/h1-3,5-6,9-12,15,19H,4,7-8,13-14,16H2,(H,26,28). The molecule has 0 saturated heterocycles. The molecule has 5 heteroatoms. The summed E-state index contributed by atoms with van der Waals surface area (Å²) in [7, 11) is 0. The Morgan fingerprint density at radius 3 is 2.47 bits per heavy atom. The van der Waals surface area contributed by atoms with Crippen LogP contribution in [0.5, 0.6) is 0 Å². The number of hydrogen-bond donors (Lipinski definition) is 1. The number of rotatable bonds is 4. The Hall–Kier alpha value is -3.34. The molecule has 1 saturated carbocycles. The molecule has 5 nitrogen and oxygen atoms in total. The number of anilines is 1. The van der Waals surface area contributed by atoms with Gasteiger partial charge in [-0.25, -0.2) is 0 Å². The molecule has 2 heterocycles. The third-order valence-electron chi connectivity index (χ3n) is 6.10. The van der Waals surface area contributed by atoms with Gasteiger partial charge in [-0.05, 0) is 55.3 Å². The van der Waals surface area contributed by atoms with E-state index in [0.717, 1.165) is 54.1 Å². The third-order valence-corrected chi connectivity index (χ3v) is 6.10. The highest BCUT2D eigenvalue weighted by atomic mass is 16.3. The molecule has 1 N–H and O–H groups in total. The van der Waals surface area contributed by atoms with E-state index in [4.69, 9.17) is 4.42 Å². The van der Waals surface area contributed by atoms with Gasteiger partial charge in [-0.3, -0.25) is 9.59 Å². The highest BCUT2D eigenvalue weighted by Crippen LogP contribution is 2.33. The molecule has 2 aliphatic rings. The van der Waals surface area contributed by atoms with Crippen LogP contribution in [-0.4, -0.2) is 23.3 Å². The van der Waals surface area contributed by atoms with Gasteiger partial charge >= 0.3 is 0 Å². The highest BCUT2D eigenvalue weighted by Gasteiger charge is 2.32. The number of furan rings is 1. The van der Waals surface area contributed by atoms with Crippen LogP contribution < -0.4 is 5.32 Å². The number of benzene rings is 2. The summed E-state index contributed by atoms with van der Waals surface area (Å²) in [6.07, 6.45) is 4.00. The molecular formula is C25H24N2O3. The van der Waals surface area contributed by atoms with E-state index in [0.29, 0.717) is 18.0 Å². The monoisotopic (exact) mass is 400 g/mol. The zero-order chi connectivity index (χ0) is 20.5. The van der Waals surface area contributed by atoms with Gasteiger partial charge in [0.2, 0.25) is 5.91 Å². The van der Waals surface area contributed by atoms with Crippen LogP contribution in [0, 0.1) is 5.92 Å². The lowest BCUT2D eigenvalue weighted by molar-refractivity contribution is -0.139. The van der Waals surface area contributed by atoms with Crippen LogP contribution in [-0.2, 0) is 17.8 Å². The summed E-state index contributed by atoms with van der Waals surface area (Å²) >= 11 is 0. The number of nitrogens with one attached hydrogen (secondary N) is 1.